The molecule has 0 spiro atoms. The zero-order valence-corrected chi connectivity index (χ0v) is 11.1. The molecule has 2 aromatic rings. The highest BCUT2D eigenvalue weighted by Gasteiger charge is 2.21. The Hall–Kier alpha value is -1.12. The fourth-order valence-corrected chi connectivity index (χ4v) is 2.85. The third kappa shape index (κ3) is 1.92. The molecule has 2 heteroatoms. The van der Waals surface area contributed by atoms with Crippen molar-refractivity contribution in [3.05, 3.63) is 58.1 Å². The summed E-state index contributed by atoms with van der Waals surface area (Å²) in [4.78, 5) is 0. The standard InChI is InChI=1S/C15H14BrN/c16-11-6-4-10(5-7-11)12-2-1-3-14-13(12)8-9-15(14)17/h1-7,15H,8-9,17H2. The highest BCUT2D eigenvalue weighted by Crippen LogP contribution is 2.36. The summed E-state index contributed by atoms with van der Waals surface area (Å²) in [5.74, 6) is 0. The lowest BCUT2D eigenvalue weighted by molar-refractivity contribution is 0.713. The van der Waals surface area contributed by atoms with Gasteiger partial charge in [0.05, 0.1) is 0 Å². The summed E-state index contributed by atoms with van der Waals surface area (Å²) in [6.45, 7) is 0. The van der Waals surface area contributed by atoms with Gasteiger partial charge in [-0.05, 0) is 47.2 Å². The smallest absolute Gasteiger partial charge is 0.0300 e. The molecule has 0 radical (unpaired) electrons. The van der Waals surface area contributed by atoms with Crippen LogP contribution in [0.15, 0.2) is 46.9 Å². The lowest BCUT2D eigenvalue weighted by Crippen LogP contribution is -2.04. The molecule has 2 N–H and O–H groups in total. The third-order valence-corrected chi connectivity index (χ3v) is 4.00. The van der Waals surface area contributed by atoms with E-state index in [4.69, 9.17) is 5.73 Å². The number of hydrogen-bond donors (Lipinski definition) is 1. The van der Waals surface area contributed by atoms with Gasteiger partial charge in [0, 0.05) is 10.5 Å². The predicted octanol–water partition coefficient (Wildman–Crippen LogP) is 4.06. The molecule has 0 fully saturated rings. The van der Waals surface area contributed by atoms with E-state index < -0.39 is 0 Å². The first kappa shape index (κ1) is 11.0. The quantitative estimate of drug-likeness (QED) is 0.841. The molecule has 17 heavy (non-hydrogen) atoms. The first-order valence-corrected chi connectivity index (χ1v) is 6.68. The van der Waals surface area contributed by atoms with E-state index in [-0.39, 0.29) is 6.04 Å². The Kier molecular flexibility index (Phi) is 2.77. The van der Waals surface area contributed by atoms with Crippen LogP contribution in [0.2, 0.25) is 0 Å². The molecule has 1 nitrogen and oxygen atoms in total. The van der Waals surface area contributed by atoms with Gasteiger partial charge in [0.25, 0.3) is 0 Å². The summed E-state index contributed by atoms with van der Waals surface area (Å²) < 4.78 is 1.12. The zero-order chi connectivity index (χ0) is 11.8. The molecule has 0 aliphatic heterocycles. The van der Waals surface area contributed by atoms with Crippen LogP contribution >= 0.6 is 15.9 Å². The van der Waals surface area contributed by atoms with Gasteiger partial charge in [0.2, 0.25) is 0 Å². The van der Waals surface area contributed by atoms with Crippen molar-refractivity contribution in [2.24, 2.45) is 5.73 Å². The fourth-order valence-electron chi connectivity index (χ4n) is 2.59. The van der Waals surface area contributed by atoms with E-state index >= 15 is 0 Å². The zero-order valence-electron chi connectivity index (χ0n) is 9.49. The van der Waals surface area contributed by atoms with Gasteiger partial charge in [-0.1, -0.05) is 46.3 Å². The van der Waals surface area contributed by atoms with Gasteiger partial charge >= 0.3 is 0 Å². The van der Waals surface area contributed by atoms with Crippen LogP contribution in [-0.4, -0.2) is 0 Å². The van der Waals surface area contributed by atoms with Crippen LogP contribution in [0, 0.1) is 0 Å². The van der Waals surface area contributed by atoms with Crippen LogP contribution in [0.5, 0.6) is 0 Å². The molecule has 2 aromatic carbocycles. The maximum atomic E-state index is 6.11. The van der Waals surface area contributed by atoms with E-state index in [2.05, 4.69) is 58.4 Å². The summed E-state index contributed by atoms with van der Waals surface area (Å²) in [6, 6.07) is 15.2. The topological polar surface area (TPSA) is 26.0 Å². The molecule has 0 aromatic heterocycles. The molecule has 0 saturated carbocycles. The molecule has 0 amide bonds. The second kappa shape index (κ2) is 4.28. The minimum absolute atomic E-state index is 0.223. The Morgan fingerprint density at radius 1 is 1.06 bits per heavy atom. The number of fused-ring (bicyclic) bond motifs is 1. The summed E-state index contributed by atoms with van der Waals surface area (Å²) >= 11 is 3.47. The van der Waals surface area contributed by atoms with Crippen LogP contribution in [0.25, 0.3) is 11.1 Å². The monoisotopic (exact) mass is 287 g/mol. The van der Waals surface area contributed by atoms with E-state index in [0.717, 1.165) is 17.3 Å². The van der Waals surface area contributed by atoms with Crippen LogP contribution < -0.4 is 5.73 Å². The molecule has 1 aliphatic carbocycles. The van der Waals surface area contributed by atoms with Crippen molar-refractivity contribution in [1.82, 2.24) is 0 Å². The van der Waals surface area contributed by atoms with Crippen molar-refractivity contribution in [2.75, 3.05) is 0 Å². The van der Waals surface area contributed by atoms with Crippen LogP contribution in [-0.2, 0) is 6.42 Å². The first-order valence-electron chi connectivity index (χ1n) is 5.89. The Balaban J connectivity index is 2.13. The number of nitrogens with two attached hydrogens (primary N) is 1. The second-order valence-corrected chi connectivity index (χ2v) is 5.44. The van der Waals surface area contributed by atoms with Crippen LogP contribution in [0.4, 0.5) is 0 Å². The average Bonchev–Trinajstić information content (AvgIpc) is 2.73. The number of rotatable bonds is 1. The minimum atomic E-state index is 0.223. The SMILES string of the molecule is NC1CCc2c(-c3ccc(Br)cc3)cccc21. The lowest BCUT2D eigenvalue weighted by Gasteiger charge is -2.10. The van der Waals surface area contributed by atoms with Crippen LogP contribution in [0.3, 0.4) is 0 Å². The molecule has 0 heterocycles. The summed E-state index contributed by atoms with van der Waals surface area (Å²) in [6.07, 6.45) is 2.17. The van der Waals surface area contributed by atoms with E-state index in [9.17, 15) is 0 Å². The third-order valence-electron chi connectivity index (χ3n) is 3.47. The van der Waals surface area contributed by atoms with Gasteiger partial charge in [-0.25, -0.2) is 0 Å². The van der Waals surface area contributed by atoms with Gasteiger partial charge in [0.15, 0.2) is 0 Å². The fraction of sp³-hybridized carbons (Fsp3) is 0.200. The van der Waals surface area contributed by atoms with Crippen molar-refractivity contribution < 1.29 is 0 Å². The van der Waals surface area contributed by atoms with Gasteiger partial charge in [-0.15, -0.1) is 0 Å². The van der Waals surface area contributed by atoms with E-state index in [1.54, 1.807) is 0 Å². The Morgan fingerprint density at radius 3 is 2.59 bits per heavy atom. The highest BCUT2D eigenvalue weighted by atomic mass is 79.9. The molecule has 1 aliphatic rings. The van der Waals surface area contributed by atoms with Crippen LogP contribution in [0.1, 0.15) is 23.6 Å². The first-order chi connectivity index (χ1) is 8.25. The van der Waals surface area contributed by atoms with Crippen molar-refractivity contribution in [1.29, 1.82) is 0 Å². The van der Waals surface area contributed by atoms with Gasteiger partial charge < -0.3 is 5.73 Å². The highest BCUT2D eigenvalue weighted by molar-refractivity contribution is 9.10. The van der Waals surface area contributed by atoms with E-state index in [0.29, 0.717) is 0 Å². The van der Waals surface area contributed by atoms with Crippen molar-refractivity contribution >= 4 is 15.9 Å². The molecule has 86 valence electrons. The molecular formula is C15H14BrN. The Morgan fingerprint density at radius 2 is 1.82 bits per heavy atom. The normalized spacial score (nSPS) is 18.1. The molecule has 0 bridgehead atoms. The van der Waals surface area contributed by atoms with Crippen molar-refractivity contribution in [3.8, 4) is 11.1 Å². The van der Waals surface area contributed by atoms with E-state index in [1.165, 1.54) is 22.3 Å². The van der Waals surface area contributed by atoms with Gasteiger partial charge in [0.1, 0.15) is 0 Å². The van der Waals surface area contributed by atoms with Crippen molar-refractivity contribution in [3.63, 3.8) is 0 Å². The Bertz CT molecular complexity index is 545. The molecule has 0 saturated heterocycles. The molecular weight excluding hydrogens is 274 g/mol. The molecule has 1 unspecified atom stereocenters. The maximum absolute atomic E-state index is 6.11. The molecule has 3 rings (SSSR count). The summed E-state index contributed by atoms with van der Waals surface area (Å²) in [5.41, 5.74) is 11.5. The average molecular weight is 288 g/mol. The lowest BCUT2D eigenvalue weighted by atomic mass is 9.96. The van der Waals surface area contributed by atoms with Crippen molar-refractivity contribution in [2.45, 2.75) is 18.9 Å². The van der Waals surface area contributed by atoms with Gasteiger partial charge in [-0.3, -0.25) is 0 Å². The maximum Gasteiger partial charge on any atom is 0.0300 e. The second-order valence-electron chi connectivity index (χ2n) is 4.53. The summed E-state index contributed by atoms with van der Waals surface area (Å²) in [5, 5.41) is 0. The number of halogens is 1. The number of hydrogen-bond acceptors (Lipinski definition) is 1. The predicted molar refractivity (Wildman–Crippen MR) is 74.8 cm³/mol. The number of benzene rings is 2. The summed E-state index contributed by atoms with van der Waals surface area (Å²) in [7, 11) is 0. The largest absolute Gasteiger partial charge is 0.324 e. The molecule has 1 atom stereocenters. The van der Waals surface area contributed by atoms with Gasteiger partial charge in [-0.2, -0.15) is 0 Å². The Labute approximate surface area is 110 Å². The minimum Gasteiger partial charge on any atom is -0.324 e. The van der Waals surface area contributed by atoms with E-state index in [1.807, 2.05) is 0 Å².